The minimum Gasteiger partial charge on any atom is -0.478 e. The van der Waals surface area contributed by atoms with E-state index in [9.17, 15) is 9.90 Å². The Balaban J connectivity index is 1.77. The summed E-state index contributed by atoms with van der Waals surface area (Å²) in [5.41, 5.74) is -0.905. The number of carboxylic acids is 1. The van der Waals surface area contributed by atoms with Gasteiger partial charge in [0.1, 0.15) is 17.2 Å². The molecule has 1 N–H and O–H groups in total. The van der Waals surface area contributed by atoms with Crippen LogP contribution in [-0.2, 0) is 10.4 Å². The van der Waals surface area contributed by atoms with Gasteiger partial charge in [-0.25, -0.2) is 4.79 Å². The molecule has 1 unspecified atom stereocenters. The van der Waals surface area contributed by atoms with E-state index in [0.29, 0.717) is 22.8 Å². The lowest BCUT2D eigenvalue weighted by Gasteiger charge is -2.26. The molecule has 4 nitrogen and oxygen atoms in total. The Morgan fingerprint density at radius 1 is 0.846 bits per heavy atom. The summed E-state index contributed by atoms with van der Waals surface area (Å²) in [5, 5.41) is 9.67. The number of carboxylic acid groups (broad SMARTS) is 1. The molecular formula is C21H17BrO4. The Morgan fingerprint density at radius 3 is 1.88 bits per heavy atom. The number of rotatable bonds is 6. The largest absolute Gasteiger partial charge is 0.478 e. The molecule has 0 fully saturated rings. The third-order valence-electron chi connectivity index (χ3n) is 3.93. The molecule has 3 aromatic carbocycles. The monoisotopic (exact) mass is 412 g/mol. The number of benzene rings is 3. The van der Waals surface area contributed by atoms with Gasteiger partial charge >= 0.3 is 5.97 Å². The first-order valence-corrected chi connectivity index (χ1v) is 8.78. The molecule has 132 valence electrons. The highest BCUT2D eigenvalue weighted by atomic mass is 79.9. The average molecular weight is 413 g/mol. The highest BCUT2D eigenvalue weighted by Gasteiger charge is 2.37. The minimum absolute atomic E-state index is 0.446. The van der Waals surface area contributed by atoms with Crippen molar-refractivity contribution in [3.8, 4) is 17.2 Å². The third kappa shape index (κ3) is 4.06. The van der Waals surface area contributed by atoms with E-state index >= 15 is 0 Å². The van der Waals surface area contributed by atoms with Crippen LogP contribution in [-0.4, -0.2) is 11.1 Å². The quantitative estimate of drug-likeness (QED) is 0.570. The standard InChI is InChI=1S/C21H17BrO4/c1-21(20(23)24,15-5-3-2-4-6-15)26-19-13-11-18(12-14-19)25-17-9-7-16(22)8-10-17/h2-14H,1H3,(H,23,24). The normalized spacial score (nSPS) is 12.8. The van der Waals surface area contributed by atoms with E-state index in [1.807, 2.05) is 30.3 Å². The Morgan fingerprint density at radius 2 is 1.35 bits per heavy atom. The molecule has 0 bridgehead atoms. The van der Waals surface area contributed by atoms with E-state index in [-0.39, 0.29) is 0 Å². The molecule has 0 spiro atoms. The number of hydrogen-bond donors (Lipinski definition) is 1. The fourth-order valence-corrected chi connectivity index (χ4v) is 2.70. The van der Waals surface area contributed by atoms with Gasteiger partial charge in [0.15, 0.2) is 0 Å². The van der Waals surface area contributed by atoms with Gasteiger partial charge in [-0.15, -0.1) is 0 Å². The molecule has 0 amide bonds. The van der Waals surface area contributed by atoms with Crippen molar-refractivity contribution in [2.45, 2.75) is 12.5 Å². The summed E-state index contributed by atoms with van der Waals surface area (Å²) in [6.45, 7) is 1.54. The molecule has 0 saturated heterocycles. The molecule has 1 atom stereocenters. The summed E-state index contributed by atoms with van der Waals surface area (Å²) in [4.78, 5) is 11.8. The number of aliphatic carboxylic acids is 1. The van der Waals surface area contributed by atoms with Crippen molar-refractivity contribution in [1.29, 1.82) is 0 Å². The van der Waals surface area contributed by atoms with Crippen LogP contribution in [0, 0.1) is 0 Å². The zero-order chi connectivity index (χ0) is 18.6. The van der Waals surface area contributed by atoms with Gasteiger partial charge in [0.05, 0.1) is 0 Å². The molecule has 3 rings (SSSR count). The first-order valence-electron chi connectivity index (χ1n) is 7.99. The van der Waals surface area contributed by atoms with Crippen molar-refractivity contribution >= 4 is 21.9 Å². The highest BCUT2D eigenvalue weighted by molar-refractivity contribution is 9.10. The second kappa shape index (κ2) is 7.62. The second-order valence-electron chi connectivity index (χ2n) is 5.83. The summed E-state index contributed by atoms with van der Waals surface area (Å²) in [6, 6.07) is 23.2. The van der Waals surface area contributed by atoms with Gasteiger partial charge in [0.2, 0.25) is 5.60 Å². The maximum Gasteiger partial charge on any atom is 0.352 e. The average Bonchev–Trinajstić information content (AvgIpc) is 2.65. The summed E-state index contributed by atoms with van der Waals surface area (Å²) < 4.78 is 12.5. The van der Waals surface area contributed by atoms with Crippen molar-refractivity contribution in [2.24, 2.45) is 0 Å². The minimum atomic E-state index is -1.48. The maximum absolute atomic E-state index is 11.8. The zero-order valence-corrected chi connectivity index (χ0v) is 15.6. The molecule has 0 aliphatic carbocycles. The molecular weight excluding hydrogens is 396 g/mol. The Labute approximate surface area is 160 Å². The first kappa shape index (κ1) is 18.0. The van der Waals surface area contributed by atoms with Crippen LogP contribution in [0.15, 0.2) is 83.3 Å². The smallest absolute Gasteiger partial charge is 0.352 e. The molecule has 5 heteroatoms. The van der Waals surface area contributed by atoms with Crippen LogP contribution in [0.4, 0.5) is 0 Å². The molecule has 0 radical (unpaired) electrons. The maximum atomic E-state index is 11.8. The van der Waals surface area contributed by atoms with E-state index in [2.05, 4.69) is 15.9 Å². The topological polar surface area (TPSA) is 55.8 Å². The molecule has 0 aliphatic heterocycles. The number of halogens is 1. The SMILES string of the molecule is CC(Oc1ccc(Oc2ccc(Br)cc2)cc1)(C(=O)O)c1ccccc1. The molecule has 0 heterocycles. The molecule has 26 heavy (non-hydrogen) atoms. The predicted molar refractivity (Wildman–Crippen MR) is 103 cm³/mol. The fraction of sp³-hybridized carbons (Fsp3) is 0.0952. The zero-order valence-electron chi connectivity index (χ0n) is 14.1. The Hall–Kier alpha value is -2.79. The lowest BCUT2D eigenvalue weighted by molar-refractivity contribution is -0.154. The van der Waals surface area contributed by atoms with Gasteiger partial charge in [0, 0.05) is 10.0 Å². The second-order valence-corrected chi connectivity index (χ2v) is 6.75. The van der Waals surface area contributed by atoms with Gasteiger partial charge in [-0.2, -0.15) is 0 Å². The Kier molecular flexibility index (Phi) is 5.28. The van der Waals surface area contributed by atoms with E-state index in [1.54, 1.807) is 48.5 Å². The fourth-order valence-electron chi connectivity index (χ4n) is 2.43. The molecule has 0 aliphatic rings. The van der Waals surface area contributed by atoms with Crippen molar-refractivity contribution in [3.63, 3.8) is 0 Å². The Bertz CT molecular complexity index is 876. The van der Waals surface area contributed by atoms with Crippen LogP contribution in [0.5, 0.6) is 17.2 Å². The van der Waals surface area contributed by atoms with Gasteiger partial charge < -0.3 is 14.6 Å². The van der Waals surface area contributed by atoms with Crippen LogP contribution in [0.1, 0.15) is 12.5 Å². The lowest BCUT2D eigenvalue weighted by Crippen LogP contribution is -2.38. The van der Waals surface area contributed by atoms with Crippen LogP contribution in [0.2, 0.25) is 0 Å². The summed E-state index contributed by atoms with van der Waals surface area (Å²) in [7, 11) is 0. The van der Waals surface area contributed by atoms with E-state index in [4.69, 9.17) is 9.47 Å². The van der Waals surface area contributed by atoms with Gasteiger partial charge in [-0.05, 0) is 55.5 Å². The predicted octanol–water partition coefficient (Wildman–Crippen LogP) is 5.62. The number of ether oxygens (including phenoxy) is 2. The van der Waals surface area contributed by atoms with Crippen molar-refractivity contribution in [1.82, 2.24) is 0 Å². The van der Waals surface area contributed by atoms with Crippen LogP contribution in [0.3, 0.4) is 0 Å². The summed E-state index contributed by atoms with van der Waals surface area (Å²) in [6.07, 6.45) is 0. The lowest BCUT2D eigenvalue weighted by atomic mass is 9.96. The first-order chi connectivity index (χ1) is 12.5. The molecule has 0 saturated carbocycles. The van der Waals surface area contributed by atoms with E-state index in [1.165, 1.54) is 6.92 Å². The van der Waals surface area contributed by atoms with Gasteiger partial charge in [0.25, 0.3) is 0 Å². The summed E-state index contributed by atoms with van der Waals surface area (Å²) >= 11 is 3.38. The summed E-state index contributed by atoms with van der Waals surface area (Å²) in [5.74, 6) is 0.735. The molecule has 0 aromatic heterocycles. The van der Waals surface area contributed by atoms with Gasteiger partial charge in [-0.3, -0.25) is 0 Å². The highest BCUT2D eigenvalue weighted by Crippen LogP contribution is 2.31. The van der Waals surface area contributed by atoms with Crippen molar-refractivity contribution < 1.29 is 19.4 Å². The van der Waals surface area contributed by atoms with Gasteiger partial charge in [-0.1, -0.05) is 46.3 Å². The van der Waals surface area contributed by atoms with Crippen LogP contribution in [0.25, 0.3) is 0 Å². The number of carbonyl (C=O) groups is 1. The molecule has 3 aromatic rings. The van der Waals surface area contributed by atoms with Crippen LogP contribution >= 0.6 is 15.9 Å². The third-order valence-corrected chi connectivity index (χ3v) is 4.46. The van der Waals surface area contributed by atoms with Crippen molar-refractivity contribution in [2.75, 3.05) is 0 Å². The van der Waals surface area contributed by atoms with E-state index in [0.717, 1.165) is 4.47 Å². The number of hydrogen-bond acceptors (Lipinski definition) is 3. The van der Waals surface area contributed by atoms with Crippen molar-refractivity contribution in [3.05, 3.63) is 88.9 Å². The van der Waals surface area contributed by atoms with E-state index < -0.39 is 11.6 Å². The van der Waals surface area contributed by atoms with Crippen LogP contribution < -0.4 is 9.47 Å².